The average molecular weight is 330 g/mol. The Bertz CT molecular complexity index is 847. The van der Waals surface area contributed by atoms with Gasteiger partial charge in [0.2, 0.25) is 0 Å². The maximum Gasteiger partial charge on any atom is 0.255 e. The Balaban J connectivity index is 1.79. The number of aromatic amines is 1. The van der Waals surface area contributed by atoms with E-state index in [0.717, 1.165) is 5.56 Å². The monoisotopic (exact) mass is 329 g/mol. The van der Waals surface area contributed by atoms with E-state index < -0.39 is 0 Å². The topological polar surface area (TPSA) is 57.8 Å². The van der Waals surface area contributed by atoms with Crippen LogP contribution in [0.15, 0.2) is 54.7 Å². The largest absolute Gasteiger partial charge is 0.348 e. The lowest BCUT2D eigenvalue weighted by Crippen LogP contribution is -2.23. The molecular weight excluding hydrogens is 317 g/mol. The van der Waals surface area contributed by atoms with Gasteiger partial charge < -0.3 is 5.32 Å². The van der Waals surface area contributed by atoms with E-state index in [2.05, 4.69) is 15.5 Å². The maximum absolute atomic E-state index is 13.6. The van der Waals surface area contributed by atoms with E-state index in [1.54, 1.807) is 36.4 Å². The van der Waals surface area contributed by atoms with Crippen molar-refractivity contribution in [3.8, 4) is 11.3 Å². The van der Waals surface area contributed by atoms with Crippen molar-refractivity contribution in [3.05, 3.63) is 76.7 Å². The van der Waals surface area contributed by atoms with Crippen LogP contribution in [-0.4, -0.2) is 16.1 Å². The van der Waals surface area contributed by atoms with Gasteiger partial charge in [-0.3, -0.25) is 9.89 Å². The predicted octanol–water partition coefficient (Wildman–Crippen LogP) is 3.80. The van der Waals surface area contributed by atoms with Crippen LogP contribution in [-0.2, 0) is 6.54 Å². The van der Waals surface area contributed by atoms with E-state index in [9.17, 15) is 9.18 Å². The highest BCUT2D eigenvalue weighted by Gasteiger charge is 2.15. The first-order chi connectivity index (χ1) is 11.1. The predicted molar refractivity (Wildman–Crippen MR) is 86.6 cm³/mol. The molecule has 0 spiro atoms. The highest BCUT2D eigenvalue weighted by atomic mass is 35.5. The lowest BCUT2D eigenvalue weighted by atomic mass is 10.1. The Labute approximate surface area is 137 Å². The number of carbonyl (C=O) groups is 1. The molecule has 4 nitrogen and oxygen atoms in total. The first-order valence-corrected chi connectivity index (χ1v) is 7.34. The summed E-state index contributed by atoms with van der Waals surface area (Å²) in [6.07, 6.45) is 1.44. The van der Waals surface area contributed by atoms with Crippen LogP contribution in [0.5, 0.6) is 0 Å². The van der Waals surface area contributed by atoms with Gasteiger partial charge in [-0.15, -0.1) is 0 Å². The van der Waals surface area contributed by atoms with E-state index in [1.165, 1.54) is 12.3 Å². The third kappa shape index (κ3) is 3.40. The molecule has 0 bridgehead atoms. The van der Waals surface area contributed by atoms with E-state index >= 15 is 0 Å². The second-order valence-electron chi connectivity index (χ2n) is 4.94. The molecule has 23 heavy (non-hydrogen) atoms. The number of H-pyrrole nitrogens is 1. The van der Waals surface area contributed by atoms with Crippen LogP contribution in [0.1, 0.15) is 15.9 Å². The van der Waals surface area contributed by atoms with Crippen LogP contribution < -0.4 is 5.32 Å². The molecule has 1 aromatic heterocycles. The molecule has 3 aromatic rings. The van der Waals surface area contributed by atoms with Crippen molar-refractivity contribution in [2.45, 2.75) is 6.54 Å². The molecule has 1 amide bonds. The third-order valence-electron chi connectivity index (χ3n) is 3.39. The molecule has 0 aliphatic rings. The second kappa shape index (κ2) is 6.62. The van der Waals surface area contributed by atoms with Gasteiger partial charge in [0.05, 0.1) is 17.5 Å². The van der Waals surface area contributed by atoms with E-state index in [1.807, 2.05) is 6.07 Å². The van der Waals surface area contributed by atoms with Crippen molar-refractivity contribution < 1.29 is 9.18 Å². The van der Waals surface area contributed by atoms with Crippen molar-refractivity contribution in [2.24, 2.45) is 0 Å². The molecule has 2 aromatic carbocycles. The molecule has 0 radical (unpaired) electrons. The molecule has 0 fully saturated rings. The number of amides is 1. The first-order valence-electron chi connectivity index (χ1n) is 6.96. The number of hydrogen-bond donors (Lipinski definition) is 2. The molecule has 0 atom stereocenters. The minimum absolute atomic E-state index is 0.103. The average Bonchev–Trinajstić information content (AvgIpc) is 3.03. The van der Waals surface area contributed by atoms with Gasteiger partial charge in [0.1, 0.15) is 5.82 Å². The maximum atomic E-state index is 13.6. The molecular formula is C17H13ClFN3O. The molecule has 1 heterocycles. The molecule has 6 heteroatoms. The minimum Gasteiger partial charge on any atom is -0.348 e. The summed E-state index contributed by atoms with van der Waals surface area (Å²) in [6.45, 7) is 0.103. The number of benzene rings is 2. The van der Waals surface area contributed by atoms with Gasteiger partial charge in [0.25, 0.3) is 5.91 Å². The number of nitrogens with zero attached hydrogens (tertiary/aromatic N) is 1. The summed E-state index contributed by atoms with van der Waals surface area (Å²) in [5, 5.41) is 9.97. The molecule has 116 valence electrons. The molecule has 0 unspecified atom stereocenters. The van der Waals surface area contributed by atoms with Crippen molar-refractivity contribution in [1.82, 2.24) is 15.5 Å². The van der Waals surface area contributed by atoms with Gasteiger partial charge in [0.15, 0.2) is 0 Å². The number of rotatable bonds is 4. The summed E-state index contributed by atoms with van der Waals surface area (Å²) in [5.41, 5.74) is 2.13. The molecule has 0 saturated heterocycles. The molecule has 0 saturated carbocycles. The van der Waals surface area contributed by atoms with Crippen LogP contribution in [0, 0.1) is 5.82 Å². The highest BCUT2D eigenvalue weighted by molar-refractivity contribution is 6.30. The zero-order chi connectivity index (χ0) is 16.2. The van der Waals surface area contributed by atoms with E-state index in [-0.39, 0.29) is 18.3 Å². The van der Waals surface area contributed by atoms with E-state index in [0.29, 0.717) is 21.8 Å². The Kier molecular flexibility index (Phi) is 4.39. The minimum atomic E-state index is -0.352. The van der Waals surface area contributed by atoms with Crippen LogP contribution in [0.2, 0.25) is 5.02 Å². The van der Waals surface area contributed by atoms with Gasteiger partial charge in [-0.05, 0) is 18.2 Å². The standard InChI is InChI=1S/C17H13ClFN3O/c18-13-6-3-5-11(8-13)16-14(10-21-22-16)17(23)20-9-12-4-1-2-7-15(12)19/h1-8,10H,9H2,(H,20,23)(H,21,22). The fourth-order valence-corrected chi connectivity index (χ4v) is 2.43. The summed E-state index contributed by atoms with van der Waals surface area (Å²) in [6, 6.07) is 13.4. The Morgan fingerprint density at radius 2 is 2.04 bits per heavy atom. The number of halogens is 2. The van der Waals surface area contributed by atoms with Crippen LogP contribution >= 0.6 is 11.6 Å². The van der Waals surface area contributed by atoms with Crippen molar-refractivity contribution in [2.75, 3.05) is 0 Å². The van der Waals surface area contributed by atoms with Gasteiger partial charge in [0, 0.05) is 22.7 Å². The lowest BCUT2D eigenvalue weighted by Gasteiger charge is -2.07. The SMILES string of the molecule is O=C(NCc1ccccc1F)c1cn[nH]c1-c1cccc(Cl)c1. The van der Waals surface area contributed by atoms with Crippen LogP contribution in [0.3, 0.4) is 0 Å². The number of carbonyl (C=O) groups excluding carboxylic acids is 1. The zero-order valence-corrected chi connectivity index (χ0v) is 12.8. The van der Waals surface area contributed by atoms with Gasteiger partial charge in [-0.25, -0.2) is 4.39 Å². The fourth-order valence-electron chi connectivity index (χ4n) is 2.23. The molecule has 0 aliphatic carbocycles. The molecule has 2 N–H and O–H groups in total. The van der Waals surface area contributed by atoms with Gasteiger partial charge >= 0.3 is 0 Å². The normalized spacial score (nSPS) is 10.5. The lowest BCUT2D eigenvalue weighted by molar-refractivity contribution is 0.0951. The van der Waals surface area contributed by atoms with Crippen LogP contribution in [0.25, 0.3) is 11.3 Å². The summed E-state index contributed by atoms with van der Waals surface area (Å²) in [5.74, 6) is -0.688. The Morgan fingerprint density at radius 1 is 1.22 bits per heavy atom. The summed E-state index contributed by atoms with van der Waals surface area (Å²) in [7, 11) is 0. The second-order valence-corrected chi connectivity index (χ2v) is 5.38. The third-order valence-corrected chi connectivity index (χ3v) is 3.63. The summed E-state index contributed by atoms with van der Waals surface area (Å²) in [4.78, 5) is 12.3. The first kappa shape index (κ1) is 15.2. The van der Waals surface area contributed by atoms with Crippen molar-refractivity contribution in [1.29, 1.82) is 0 Å². The van der Waals surface area contributed by atoms with Crippen molar-refractivity contribution >= 4 is 17.5 Å². The summed E-state index contributed by atoms with van der Waals surface area (Å²) >= 11 is 5.98. The number of aromatic nitrogens is 2. The Hall–Kier alpha value is -2.66. The number of hydrogen-bond acceptors (Lipinski definition) is 2. The van der Waals surface area contributed by atoms with Crippen molar-refractivity contribution in [3.63, 3.8) is 0 Å². The fraction of sp³-hybridized carbons (Fsp3) is 0.0588. The highest BCUT2D eigenvalue weighted by Crippen LogP contribution is 2.24. The Morgan fingerprint density at radius 3 is 2.83 bits per heavy atom. The van der Waals surface area contributed by atoms with Gasteiger partial charge in [-0.1, -0.05) is 41.9 Å². The quantitative estimate of drug-likeness (QED) is 0.765. The van der Waals surface area contributed by atoms with Gasteiger partial charge in [-0.2, -0.15) is 5.10 Å². The van der Waals surface area contributed by atoms with E-state index in [4.69, 9.17) is 11.6 Å². The van der Waals surface area contributed by atoms with Crippen LogP contribution in [0.4, 0.5) is 4.39 Å². The zero-order valence-electron chi connectivity index (χ0n) is 12.0. The summed E-state index contributed by atoms with van der Waals surface area (Å²) < 4.78 is 13.6. The molecule has 0 aliphatic heterocycles. The molecule has 3 rings (SSSR count). The number of nitrogens with one attached hydrogen (secondary N) is 2. The smallest absolute Gasteiger partial charge is 0.255 e.